The van der Waals surface area contributed by atoms with Gasteiger partial charge in [-0.05, 0) is 31.4 Å². The second-order valence-electron chi connectivity index (χ2n) is 3.93. The van der Waals surface area contributed by atoms with Crippen LogP contribution in [0.4, 0.5) is 0 Å². The molecule has 0 aliphatic carbocycles. The molecular weight excluding hydrogens is 190 g/mol. The number of hydrogen-bond acceptors (Lipinski definition) is 3. The lowest BCUT2D eigenvalue weighted by molar-refractivity contribution is 0.105. The lowest BCUT2D eigenvalue weighted by atomic mass is 10.2. The van der Waals surface area contributed by atoms with Crippen LogP contribution in [-0.2, 0) is 4.74 Å². The molecule has 1 fully saturated rings. The van der Waals surface area contributed by atoms with Crippen LogP contribution in [0.3, 0.4) is 0 Å². The summed E-state index contributed by atoms with van der Waals surface area (Å²) < 4.78 is 7.40. The molecule has 3 rings (SSSR count). The molecule has 3 heterocycles. The Bertz CT molecular complexity index is 486. The Morgan fingerprint density at radius 2 is 2.47 bits per heavy atom. The largest absolute Gasteiger partial charge is 0.370 e. The molecule has 0 spiro atoms. The molecule has 0 N–H and O–H groups in total. The van der Waals surface area contributed by atoms with E-state index < -0.39 is 0 Å². The number of rotatable bonds is 1. The molecule has 15 heavy (non-hydrogen) atoms. The Morgan fingerprint density at radius 3 is 3.20 bits per heavy atom. The summed E-state index contributed by atoms with van der Waals surface area (Å²) in [6, 6.07) is 4.03. The van der Waals surface area contributed by atoms with E-state index in [-0.39, 0.29) is 6.10 Å². The molecule has 2 aromatic rings. The Kier molecular flexibility index (Phi) is 1.95. The van der Waals surface area contributed by atoms with Crippen LogP contribution in [0.25, 0.3) is 5.65 Å². The van der Waals surface area contributed by atoms with Gasteiger partial charge in [0.15, 0.2) is 11.5 Å². The van der Waals surface area contributed by atoms with Gasteiger partial charge in [0.1, 0.15) is 6.10 Å². The quantitative estimate of drug-likeness (QED) is 0.710. The molecule has 0 bridgehead atoms. The molecule has 0 amide bonds. The first-order valence-electron chi connectivity index (χ1n) is 5.28. The van der Waals surface area contributed by atoms with Crippen LogP contribution in [0.15, 0.2) is 18.3 Å². The van der Waals surface area contributed by atoms with E-state index in [1.165, 1.54) is 0 Å². The lowest BCUT2D eigenvalue weighted by Gasteiger charge is -2.01. The fourth-order valence-corrected chi connectivity index (χ4v) is 1.97. The van der Waals surface area contributed by atoms with Gasteiger partial charge >= 0.3 is 0 Å². The Balaban J connectivity index is 2.09. The lowest BCUT2D eigenvalue weighted by Crippen LogP contribution is -1.98. The number of pyridine rings is 1. The summed E-state index contributed by atoms with van der Waals surface area (Å²) in [4.78, 5) is 4.52. The van der Waals surface area contributed by atoms with Crippen molar-refractivity contribution in [2.45, 2.75) is 25.9 Å². The summed E-state index contributed by atoms with van der Waals surface area (Å²) in [7, 11) is 0. The van der Waals surface area contributed by atoms with Crippen LogP contribution in [0.2, 0.25) is 0 Å². The topological polar surface area (TPSA) is 39.4 Å². The van der Waals surface area contributed by atoms with Gasteiger partial charge in [0, 0.05) is 12.8 Å². The van der Waals surface area contributed by atoms with Crippen molar-refractivity contribution in [3.63, 3.8) is 0 Å². The molecule has 0 saturated carbocycles. The zero-order valence-electron chi connectivity index (χ0n) is 8.68. The second-order valence-corrected chi connectivity index (χ2v) is 3.93. The Labute approximate surface area is 87.9 Å². The van der Waals surface area contributed by atoms with Gasteiger partial charge in [-0.15, -0.1) is 5.10 Å². The van der Waals surface area contributed by atoms with E-state index in [9.17, 15) is 0 Å². The molecule has 0 radical (unpaired) electrons. The minimum atomic E-state index is 0.101. The predicted octanol–water partition coefficient (Wildman–Crippen LogP) is 1.89. The van der Waals surface area contributed by atoms with Gasteiger partial charge < -0.3 is 4.74 Å². The highest BCUT2D eigenvalue weighted by Crippen LogP contribution is 2.26. The normalized spacial score (nSPS) is 21.3. The van der Waals surface area contributed by atoms with Crippen LogP contribution in [0.1, 0.15) is 30.3 Å². The molecule has 78 valence electrons. The average Bonchev–Trinajstić information content (AvgIpc) is 2.86. The van der Waals surface area contributed by atoms with Crippen molar-refractivity contribution in [3.05, 3.63) is 29.7 Å². The number of hydrogen-bond donors (Lipinski definition) is 0. The number of ether oxygens (including phenoxy) is 1. The monoisotopic (exact) mass is 203 g/mol. The van der Waals surface area contributed by atoms with Crippen molar-refractivity contribution in [1.29, 1.82) is 0 Å². The fraction of sp³-hybridized carbons (Fsp3) is 0.455. The zero-order valence-corrected chi connectivity index (χ0v) is 8.68. The first kappa shape index (κ1) is 8.85. The maximum absolute atomic E-state index is 5.57. The third kappa shape index (κ3) is 1.41. The predicted molar refractivity (Wildman–Crippen MR) is 55.7 cm³/mol. The van der Waals surface area contributed by atoms with Gasteiger partial charge in [0.05, 0.1) is 0 Å². The van der Waals surface area contributed by atoms with Crippen molar-refractivity contribution in [3.8, 4) is 0 Å². The minimum absolute atomic E-state index is 0.101. The molecule has 1 saturated heterocycles. The highest BCUT2D eigenvalue weighted by Gasteiger charge is 2.22. The summed E-state index contributed by atoms with van der Waals surface area (Å²) in [5.74, 6) is 0.821. The van der Waals surface area contributed by atoms with E-state index in [1.807, 2.05) is 29.8 Å². The van der Waals surface area contributed by atoms with E-state index in [0.29, 0.717) is 0 Å². The highest BCUT2D eigenvalue weighted by molar-refractivity contribution is 5.45. The van der Waals surface area contributed by atoms with Crippen LogP contribution in [-0.4, -0.2) is 21.2 Å². The Hall–Kier alpha value is -1.42. The maximum atomic E-state index is 5.57. The Morgan fingerprint density at radius 1 is 1.53 bits per heavy atom. The SMILES string of the molecule is Cc1cccn2nc(C3CCCO3)nc12. The molecule has 1 aliphatic rings. The number of nitrogens with zero attached hydrogens (tertiary/aromatic N) is 3. The average molecular weight is 203 g/mol. The molecule has 2 aromatic heterocycles. The van der Waals surface area contributed by atoms with E-state index in [1.54, 1.807) is 0 Å². The van der Waals surface area contributed by atoms with E-state index in [4.69, 9.17) is 4.74 Å². The number of aryl methyl sites for hydroxylation is 1. The summed E-state index contributed by atoms with van der Waals surface area (Å²) in [5.41, 5.74) is 2.08. The van der Waals surface area contributed by atoms with Crippen LogP contribution in [0, 0.1) is 6.92 Å². The summed E-state index contributed by atoms with van der Waals surface area (Å²) in [6.07, 6.45) is 4.17. The maximum Gasteiger partial charge on any atom is 0.180 e. The van der Waals surface area contributed by atoms with Crippen LogP contribution in [0.5, 0.6) is 0 Å². The molecule has 4 heteroatoms. The van der Waals surface area contributed by atoms with Crippen molar-refractivity contribution in [2.24, 2.45) is 0 Å². The van der Waals surface area contributed by atoms with Crippen molar-refractivity contribution in [2.75, 3.05) is 6.61 Å². The van der Waals surface area contributed by atoms with Crippen molar-refractivity contribution < 1.29 is 4.74 Å². The first-order valence-corrected chi connectivity index (χ1v) is 5.28. The molecule has 1 aliphatic heterocycles. The smallest absolute Gasteiger partial charge is 0.180 e. The number of aromatic nitrogens is 3. The van der Waals surface area contributed by atoms with Gasteiger partial charge in [0.25, 0.3) is 0 Å². The molecular formula is C11H13N3O. The minimum Gasteiger partial charge on any atom is -0.370 e. The van der Waals surface area contributed by atoms with E-state index in [2.05, 4.69) is 10.1 Å². The molecule has 1 atom stereocenters. The van der Waals surface area contributed by atoms with Crippen molar-refractivity contribution in [1.82, 2.24) is 14.6 Å². The molecule has 4 nitrogen and oxygen atoms in total. The van der Waals surface area contributed by atoms with Gasteiger partial charge in [0.2, 0.25) is 0 Å². The first-order chi connectivity index (χ1) is 7.34. The second kappa shape index (κ2) is 3.31. The summed E-state index contributed by atoms with van der Waals surface area (Å²) in [6.45, 7) is 2.88. The third-order valence-corrected chi connectivity index (χ3v) is 2.79. The molecule has 0 aromatic carbocycles. The molecule has 1 unspecified atom stereocenters. The highest BCUT2D eigenvalue weighted by atomic mass is 16.5. The van der Waals surface area contributed by atoms with Crippen LogP contribution < -0.4 is 0 Å². The standard InChI is InChI=1S/C11H13N3O/c1-8-4-2-6-14-11(8)12-10(13-14)9-5-3-7-15-9/h2,4,6,9H,3,5,7H2,1H3. The van der Waals surface area contributed by atoms with E-state index in [0.717, 1.165) is 36.5 Å². The van der Waals surface area contributed by atoms with Gasteiger partial charge in [-0.3, -0.25) is 0 Å². The van der Waals surface area contributed by atoms with E-state index >= 15 is 0 Å². The third-order valence-electron chi connectivity index (χ3n) is 2.79. The fourth-order valence-electron chi connectivity index (χ4n) is 1.97. The van der Waals surface area contributed by atoms with Gasteiger partial charge in [-0.1, -0.05) is 6.07 Å². The summed E-state index contributed by atoms with van der Waals surface area (Å²) in [5, 5.41) is 4.44. The van der Waals surface area contributed by atoms with Crippen LogP contribution >= 0.6 is 0 Å². The van der Waals surface area contributed by atoms with Crippen molar-refractivity contribution >= 4 is 5.65 Å². The summed E-state index contributed by atoms with van der Waals surface area (Å²) >= 11 is 0. The number of fused-ring (bicyclic) bond motifs is 1. The van der Waals surface area contributed by atoms with Gasteiger partial charge in [-0.25, -0.2) is 9.50 Å². The van der Waals surface area contributed by atoms with Gasteiger partial charge in [-0.2, -0.15) is 0 Å². The zero-order chi connectivity index (χ0) is 10.3.